The van der Waals surface area contributed by atoms with Gasteiger partial charge in [0.2, 0.25) is 5.91 Å². The maximum Gasteiger partial charge on any atom is 0.329 e. The Morgan fingerprint density at radius 2 is 2.14 bits per heavy atom. The van der Waals surface area contributed by atoms with Crippen molar-refractivity contribution in [1.82, 2.24) is 5.32 Å². The summed E-state index contributed by atoms with van der Waals surface area (Å²) in [6.07, 6.45) is 0.0531. The van der Waals surface area contributed by atoms with Crippen LogP contribution in [0.1, 0.15) is 5.56 Å². The summed E-state index contributed by atoms with van der Waals surface area (Å²) in [5.74, 6) is -1.36. The van der Waals surface area contributed by atoms with Crippen molar-refractivity contribution in [3.8, 4) is 0 Å². The van der Waals surface area contributed by atoms with Gasteiger partial charge in [-0.15, -0.1) is 0 Å². The van der Waals surface area contributed by atoms with E-state index >= 15 is 0 Å². The van der Waals surface area contributed by atoms with Gasteiger partial charge in [-0.25, -0.2) is 4.79 Å². The average Bonchev–Trinajstić information content (AvgIpc) is 2.40. The fourth-order valence-corrected chi connectivity index (χ4v) is 1.96. The first-order chi connectivity index (χ1) is 9.90. The van der Waals surface area contributed by atoms with E-state index in [1.807, 2.05) is 0 Å². The number of nitrogens with one attached hydrogen (secondary N) is 1. The minimum atomic E-state index is -1.07. The standard InChI is InChI=1S/C12H13BrN2O6/c13-10-6-9(15(19)20)2-1-8(10)5-11(16)14-3-4-21-7-12(17)18/h1-2,6H,3-5,7H2,(H,14,16)(H,17,18). The number of non-ortho nitro benzene ring substituents is 1. The maximum absolute atomic E-state index is 11.6. The van der Waals surface area contributed by atoms with Crippen LogP contribution in [0, 0.1) is 10.1 Å². The van der Waals surface area contributed by atoms with Crippen LogP contribution in [-0.4, -0.2) is 41.7 Å². The van der Waals surface area contributed by atoms with E-state index < -0.39 is 17.5 Å². The summed E-state index contributed by atoms with van der Waals surface area (Å²) in [7, 11) is 0. The van der Waals surface area contributed by atoms with E-state index in [0.717, 1.165) is 0 Å². The average molecular weight is 361 g/mol. The summed E-state index contributed by atoms with van der Waals surface area (Å²) in [6.45, 7) is -0.125. The number of amides is 1. The topological polar surface area (TPSA) is 119 Å². The van der Waals surface area contributed by atoms with Crippen LogP contribution in [0.25, 0.3) is 0 Å². The number of benzene rings is 1. The zero-order chi connectivity index (χ0) is 15.8. The maximum atomic E-state index is 11.6. The Labute approximate surface area is 128 Å². The van der Waals surface area contributed by atoms with Gasteiger partial charge in [0.1, 0.15) is 6.61 Å². The Hall–Kier alpha value is -2.00. The Morgan fingerprint density at radius 3 is 2.71 bits per heavy atom. The number of carbonyl (C=O) groups excluding carboxylic acids is 1. The van der Waals surface area contributed by atoms with Crippen LogP contribution in [0.5, 0.6) is 0 Å². The molecule has 0 radical (unpaired) electrons. The molecule has 1 aromatic carbocycles. The van der Waals surface area contributed by atoms with Crippen molar-refractivity contribution in [2.24, 2.45) is 0 Å². The minimum Gasteiger partial charge on any atom is -0.480 e. The van der Waals surface area contributed by atoms with E-state index in [1.54, 1.807) is 0 Å². The van der Waals surface area contributed by atoms with Crippen LogP contribution >= 0.6 is 15.9 Å². The highest BCUT2D eigenvalue weighted by atomic mass is 79.9. The third-order valence-corrected chi connectivity index (χ3v) is 3.13. The molecule has 0 aliphatic rings. The number of hydrogen-bond donors (Lipinski definition) is 2. The minimum absolute atomic E-state index is 0.0531. The van der Waals surface area contributed by atoms with E-state index in [0.29, 0.717) is 10.0 Å². The Bertz CT molecular complexity index is 549. The second kappa shape index (κ2) is 8.32. The van der Waals surface area contributed by atoms with Crippen molar-refractivity contribution >= 4 is 33.5 Å². The van der Waals surface area contributed by atoms with Gasteiger partial charge in [-0.2, -0.15) is 0 Å². The van der Waals surface area contributed by atoms with Crippen LogP contribution in [0.4, 0.5) is 5.69 Å². The number of nitro benzene ring substituents is 1. The third-order valence-electron chi connectivity index (χ3n) is 2.39. The molecule has 0 aliphatic carbocycles. The molecule has 114 valence electrons. The van der Waals surface area contributed by atoms with Gasteiger partial charge < -0.3 is 15.2 Å². The number of carboxylic acids is 1. The molecule has 9 heteroatoms. The lowest BCUT2D eigenvalue weighted by Gasteiger charge is -2.07. The summed E-state index contributed by atoms with van der Waals surface area (Å²) in [4.78, 5) is 31.9. The summed E-state index contributed by atoms with van der Waals surface area (Å²) < 4.78 is 5.24. The van der Waals surface area contributed by atoms with E-state index in [9.17, 15) is 19.7 Å². The smallest absolute Gasteiger partial charge is 0.329 e. The van der Waals surface area contributed by atoms with Gasteiger partial charge in [-0.3, -0.25) is 14.9 Å². The highest BCUT2D eigenvalue weighted by Gasteiger charge is 2.11. The van der Waals surface area contributed by atoms with Gasteiger partial charge in [0.25, 0.3) is 5.69 Å². The zero-order valence-corrected chi connectivity index (χ0v) is 12.5. The normalized spacial score (nSPS) is 10.1. The van der Waals surface area contributed by atoms with Crippen molar-refractivity contribution < 1.29 is 24.4 Å². The second-order valence-corrected chi connectivity index (χ2v) is 4.86. The van der Waals surface area contributed by atoms with Crippen LogP contribution in [0.15, 0.2) is 22.7 Å². The molecule has 0 atom stereocenters. The largest absolute Gasteiger partial charge is 0.480 e. The molecular formula is C12H13BrN2O6. The Balaban J connectivity index is 2.41. The number of carboxylic acid groups (broad SMARTS) is 1. The second-order valence-electron chi connectivity index (χ2n) is 4.01. The summed E-state index contributed by atoms with van der Waals surface area (Å²) >= 11 is 3.18. The van der Waals surface area contributed by atoms with Gasteiger partial charge in [-0.05, 0) is 5.56 Å². The summed E-state index contributed by atoms with van der Waals surface area (Å²) in [5.41, 5.74) is 0.553. The monoisotopic (exact) mass is 360 g/mol. The van der Waals surface area contributed by atoms with Crippen LogP contribution in [0.2, 0.25) is 0 Å². The quantitative estimate of drug-likeness (QED) is 0.407. The predicted molar refractivity (Wildman–Crippen MR) is 76.0 cm³/mol. The molecule has 0 spiro atoms. The molecule has 1 amide bonds. The van der Waals surface area contributed by atoms with E-state index in [-0.39, 0.29) is 31.2 Å². The molecule has 1 aromatic rings. The lowest BCUT2D eigenvalue weighted by atomic mass is 10.1. The van der Waals surface area contributed by atoms with E-state index in [1.165, 1.54) is 18.2 Å². The fraction of sp³-hybridized carbons (Fsp3) is 0.333. The van der Waals surface area contributed by atoms with Crippen LogP contribution in [0.3, 0.4) is 0 Å². The first kappa shape index (κ1) is 17.1. The van der Waals surface area contributed by atoms with Gasteiger partial charge in [0, 0.05) is 23.2 Å². The number of ether oxygens (including phenoxy) is 1. The molecular weight excluding hydrogens is 348 g/mol. The fourth-order valence-electron chi connectivity index (χ4n) is 1.45. The van der Waals surface area contributed by atoms with Crippen molar-refractivity contribution in [1.29, 1.82) is 0 Å². The molecule has 8 nitrogen and oxygen atoms in total. The molecule has 21 heavy (non-hydrogen) atoms. The van der Waals surface area contributed by atoms with Gasteiger partial charge in [0.05, 0.1) is 18.0 Å². The van der Waals surface area contributed by atoms with Crippen molar-refractivity contribution in [3.63, 3.8) is 0 Å². The number of nitro groups is 1. The van der Waals surface area contributed by atoms with E-state index in [4.69, 9.17) is 9.84 Å². The van der Waals surface area contributed by atoms with E-state index in [2.05, 4.69) is 21.2 Å². The number of rotatable bonds is 8. The van der Waals surface area contributed by atoms with Gasteiger partial charge >= 0.3 is 5.97 Å². The summed E-state index contributed by atoms with van der Waals surface area (Å²) in [5, 5.41) is 21.5. The Morgan fingerprint density at radius 1 is 1.43 bits per heavy atom. The zero-order valence-electron chi connectivity index (χ0n) is 10.9. The first-order valence-electron chi connectivity index (χ1n) is 5.89. The van der Waals surface area contributed by atoms with Gasteiger partial charge in [0.15, 0.2) is 0 Å². The molecule has 0 saturated heterocycles. The lowest BCUT2D eigenvalue weighted by Crippen LogP contribution is -2.29. The van der Waals surface area contributed by atoms with Crippen molar-refractivity contribution in [2.45, 2.75) is 6.42 Å². The molecule has 2 N–H and O–H groups in total. The molecule has 0 saturated carbocycles. The SMILES string of the molecule is O=C(O)COCCNC(=O)Cc1ccc([N+](=O)[O-])cc1Br. The molecule has 0 unspecified atom stereocenters. The summed E-state index contributed by atoms with van der Waals surface area (Å²) in [6, 6.07) is 4.16. The Kier molecular flexibility index (Phi) is 6.76. The first-order valence-corrected chi connectivity index (χ1v) is 6.68. The third kappa shape index (κ3) is 6.32. The van der Waals surface area contributed by atoms with Gasteiger partial charge in [-0.1, -0.05) is 22.0 Å². The lowest BCUT2D eigenvalue weighted by molar-refractivity contribution is -0.384. The number of nitrogens with zero attached hydrogens (tertiary/aromatic N) is 1. The number of halogens is 1. The van der Waals surface area contributed by atoms with Crippen molar-refractivity contribution in [3.05, 3.63) is 38.3 Å². The van der Waals surface area contributed by atoms with Crippen LogP contribution in [-0.2, 0) is 20.7 Å². The predicted octanol–water partition coefficient (Wildman–Crippen LogP) is 1.12. The number of aliphatic carboxylic acids is 1. The number of hydrogen-bond acceptors (Lipinski definition) is 5. The molecule has 0 bridgehead atoms. The molecule has 0 fully saturated rings. The highest BCUT2D eigenvalue weighted by Crippen LogP contribution is 2.23. The van der Waals surface area contributed by atoms with Crippen LogP contribution < -0.4 is 5.32 Å². The van der Waals surface area contributed by atoms with Crippen molar-refractivity contribution in [2.75, 3.05) is 19.8 Å². The molecule has 0 aliphatic heterocycles. The highest BCUT2D eigenvalue weighted by molar-refractivity contribution is 9.10. The molecule has 1 rings (SSSR count). The molecule has 0 heterocycles. The molecule has 0 aromatic heterocycles. The number of carbonyl (C=O) groups is 2.